The number of halogens is 3. The molecule has 94 valence electrons. The van der Waals surface area contributed by atoms with E-state index in [1.54, 1.807) is 19.2 Å². The SMILES string of the molecule is COC1C(N)CC1Oc1c(Cl)cc(Cl)cc1Cl. The lowest BCUT2D eigenvalue weighted by molar-refractivity contribution is -0.0781. The molecule has 1 aliphatic carbocycles. The van der Waals surface area contributed by atoms with Gasteiger partial charge in [-0.25, -0.2) is 0 Å². The molecule has 0 spiro atoms. The maximum Gasteiger partial charge on any atom is 0.157 e. The summed E-state index contributed by atoms with van der Waals surface area (Å²) in [6, 6.07) is 3.17. The molecule has 3 atom stereocenters. The van der Waals surface area contributed by atoms with Gasteiger partial charge in [0, 0.05) is 24.6 Å². The molecule has 1 aromatic rings. The molecule has 1 aliphatic rings. The molecular formula is C11H12Cl3NO2. The molecule has 0 saturated heterocycles. The quantitative estimate of drug-likeness (QED) is 0.932. The van der Waals surface area contributed by atoms with Gasteiger partial charge in [0.15, 0.2) is 5.75 Å². The first kappa shape index (κ1) is 13.2. The summed E-state index contributed by atoms with van der Waals surface area (Å²) < 4.78 is 10.9. The second-order valence-corrected chi connectivity index (χ2v) is 5.21. The van der Waals surface area contributed by atoms with Crippen molar-refractivity contribution >= 4 is 34.8 Å². The molecule has 0 heterocycles. The Hall–Kier alpha value is -0.190. The number of ether oxygens (including phenoxy) is 2. The number of benzene rings is 1. The van der Waals surface area contributed by atoms with Crippen molar-refractivity contribution in [2.75, 3.05) is 7.11 Å². The Labute approximate surface area is 115 Å². The van der Waals surface area contributed by atoms with Crippen LogP contribution < -0.4 is 10.5 Å². The van der Waals surface area contributed by atoms with E-state index >= 15 is 0 Å². The van der Waals surface area contributed by atoms with Crippen LogP contribution in [0.5, 0.6) is 5.75 Å². The van der Waals surface area contributed by atoms with Crippen molar-refractivity contribution in [1.82, 2.24) is 0 Å². The van der Waals surface area contributed by atoms with Gasteiger partial charge in [-0.15, -0.1) is 0 Å². The van der Waals surface area contributed by atoms with Gasteiger partial charge in [0.2, 0.25) is 0 Å². The Bertz CT molecular complexity index is 404. The minimum Gasteiger partial charge on any atom is -0.484 e. The van der Waals surface area contributed by atoms with Crippen molar-refractivity contribution in [3.8, 4) is 5.75 Å². The highest BCUT2D eigenvalue weighted by molar-refractivity contribution is 6.40. The summed E-state index contributed by atoms with van der Waals surface area (Å²) >= 11 is 17.9. The van der Waals surface area contributed by atoms with Crippen molar-refractivity contribution in [1.29, 1.82) is 0 Å². The number of rotatable bonds is 3. The molecule has 3 unspecified atom stereocenters. The molecular weight excluding hydrogens is 284 g/mol. The fourth-order valence-electron chi connectivity index (χ4n) is 1.85. The lowest BCUT2D eigenvalue weighted by Crippen LogP contribution is -2.59. The average Bonchev–Trinajstić information content (AvgIpc) is 2.21. The van der Waals surface area contributed by atoms with E-state index in [1.165, 1.54) is 0 Å². The predicted octanol–water partition coefficient (Wildman–Crippen LogP) is 3.14. The van der Waals surface area contributed by atoms with Crippen LogP contribution in [0.3, 0.4) is 0 Å². The van der Waals surface area contributed by atoms with Crippen LogP contribution in [-0.4, -0.2) is 25.4 Å². The largest absolute Gasteiger partial charge is 0.484 e. The molecule has 0 radical (unpaired) electrons. The van der Waals surface area contributed by atoms with Crippen molar-refractivity contribution < 1.29 is 9.47 Å². The predicted molar refractivity (Wildman–Crippen MR) is 69.3 cm³/mol. The van der Waals surface area contributed by atoms with Gasteiger partial charge < -0.3 is 15.2 Å². The van der Waals surface area contributed by atoms with E-state index in [2.05, 4.69) is 0 Å². The summed E-state index contributed by atoms with van der Waals surface area (Å²) in [5.74, 6) is 0.427. The summed E-state index contributed by atoms with van der Waals surface area (Å²) in [5.41, 5.74) is 5.79. The summed E-state index contributed by atoms with van der Waals surface area (Å²) in [4.78, 5) is 0. The van der Waals surface area contributed by atoms with Crippen LogP contribution in [-0.2, 0) is 4.74 Å². The van der Waals surface area contributed by atoms with E-state index < -0.39 is 0 Å². The van der Waals surface area contributed by atoms with Crippen LogP contribution in [0.25, 0.3) is 0 Å². The summed E-state index contributed by atoms with van der Waals surface area (Å²) in [7, 11) is 1.60. The minimum absolute atomic E-state index is 0.00477. The molecule has 0 aromatic heterocycles. The van der Waals surface area contributed by atoms with E-state index in [1.807, 2.05) is 0 Å². The normalized spacial score (nSPS) is 27.7. The van der Waals surface area contributed by atoms with Crippen LogP contribution in [0.15, 0.2) is 12.1 Å². The smallest absolute Gasteiger partial charge is 0.157 e. The second-order valence-electron chi connectivity index (χ2n) is 3.95. The van der Waals surface area contributed by atoms with Crippen molar-refractivity contribution in [2.45, 2.75) is 24.7 Å². The van der Waals surface area contributed by atoms with Gasteiger partial charge in [-0.1, -0.05) is 34.8 Å². The zero-order valence-electron chi connectivity index (χ0n) is 9.12. The molecule has 0 amide bonds. The monoisotopic (exact) mass is 295 g/mol. The summed E-state index contributed by atoms with van der Waals surface area (Å²) in [6.45, 7) is 0. The number of methoxy groups -OCH3 is 1. The first-order valence-electron chi connectivity index (χ1n) is 5.12. The molecule has 1 aromatic carbocycles. The van der Waals surface area contributed by atoms with E-state index in [9.17, 15) is 0 Å². The summed E-state index contributed by atoms with van der Waals surface area (Å²) in [5, 5.41) is 1.25. The first-order chi connectivity index (χ1) is 8.02. The highest BCUT2D eigenvalue weighted by Crippen LogP contribution is 2.38. The minimum atomic E-state index is -0.127. The Morgan fingerprint density at radius 3 is 2.29 bits per heavy atom. The fraction of sp³-hybridized carbons (Fsp3) is 0.455. The third-order valence-corrected chi connectivity index (χ3v) is 3.58. The third kappa shape index (κ3) is 2.64. The molecule has 3 nitrogen and oxygen atoms in total. The third-order valence-electron chi connectivity index (χ3n) is 2.80. The molecule has 6 heteroatoms. The molecule has 1 fully saturated rings. The lowest BCUT2D eigenvalue weighted by atomic mass is 9.86. The highest BCUT2D eigenvalue weighted by atomic mass is 35.5. The zero-order valence-corrected chi connectivity index (χ0v) is 11.4. The topological polar surface area (TPSA) is 44.5 Å². The van der Waals surface area contributed by atoms with Crippen molar-refractivity contribution in [3.63, 3.8) is 0 Å². The van der Waals surface area contributed by atoms with Gasteiger partial charge in [0.1, 0.15) is 12.2 Å². The van der Waals surface area contributed by atoms with Gasteiger partial charge in [-0.2, -0.15) is 0 Å². The van der Waals surface area contributed by atoms with Crippen LogP contribution >= 0.6 is 34.8 Å². The van der Waals surface area contributed by atoms with Gasteiger partial charge in [0.05, 0.1) is 10.0 Å². The highest BCUT2D eigenvalue weighted by Gasteiger charge is 2.41. The molecule has 2 rings (SSSR count). The van der Waals surface area contributed by atoms with Gasteiger partial charge in [-0.05, 0) is 12.1 Å². The van der Waals surface area contributed by atoms with Gasteiger partial charge in [-0.3, -0.25) is 0 Å². The number of hydrogen-bond acceptors (Lipinski definition) is 3. The Morgan fingerprint density at radius 2 is 1.82 bits per heavy atom. The van der Waals surface area contributed by atoms with E-state index in [0.29, 0.717) is 27.2 Å². The molecule has 0 aliphatic heterocycles. The molecule has 17 heavy (non-hydrogen) atoms. The average molecular weight is 297 g/mol. The molecule has 2 N–H and O–H groups in total. The van der Waals surface area contributed by atoms with Crippen LogP contribution in [0.1, 0.15) is 6.42 Å². The Kier molecular flexibility index (Phi) is 4.06. The second kappa shape index (κ2) is 5.21. The summed E-state index contributed by atoms with van der Waals surface area (Å²) in [6.07, 6.45) is 0.470. The maximum absolute atomic E-state index is 6.02. The van der Waals surface area contributed by atoms with Crippen LogP contribution in [0.4, 0.5) is 0 Å². The van der Waals surface area contributed by atoms with E-state index in [-0.39, 0.29) is 18.2 Å². The maximum atomic E-state index is 6.02. The van der Waals surface area contributed by atoms with Crippen molar-refractivity contribution in [3.05, 3.63) is 27.2 Å². The van der Waals surface area contributed by atoms with Crippen molar-refractivity contribution in [2.24, 2.45) is 5.73 Å². The fourth-order valence-corrected chi connectivity index (χ4v) is 2.76. The van der Waals surface area contributed by atoms with Crippen LogP contribution in [0.2, 0.25) is 15.1 Å². The Morgan fingerprint density at radius 1 is 1.24 bits per heavy atom. The lowest BCUT2D eigenvalue weighted by Gasteiger charge is -2.41. The first-order valence-corrected chi connectivity index (χ1v) is 6.26. The van der Waals surface area contributed by atoms with Gasteiger partial charge >= 0.3 is 0 Å². The molecule has 1 saturated carbocycles. The zero-order chi connectivity index (χ0) is 12.6. The van der Waals surface area contributed by atoms with E-state index in [4.69, 9.17) is 50.0 Å². The van der Waals surface area contributed by atoms with E-state index in [0.717, 1.165) is 0 Å². The molecule has 0 bridgehead atoms. The number of hydrogen-bond donors (Lipinski definition) is 1. The number of nitrogens with two attached hydrogens (primary N) is 1. The van der Waals surface area contributed by atoms with Gasteiger partial charge in [0.25, 0.3) is 0 Å². The van der Waals surface area contributed by atoms with Crippen LogP contribution in [0, 0.1) is 0 Å². The Balaban J connectivity index is 2.14. The standard InChI is InChI=1S/C11H12Cl3NO2/c1-16-11-8(15)4-9(11)17-10-6(13)2-5(12)3-7(10)14/h2-3,8-9,11H,4,15H2,1H3.